The molecule has 0 bridgehead atoms. The van der Waals surface area contributed by atoms with Crippen molar-refractivity contribution >= 4 is 23.4 Å². The first-order valence-electron chi connectivity index (χ1n) is 8.33. The van der Waals surface area contributed by atoms with Crippen LogP contribution in [0.15, 0.2) is 35.0 Å². The van der Waals surface area contributed by atoms with E-state index >= 15 is 0 Å². The molecule has 8 nitrogen and oxygen atoms in total. The second-order valence-corrected chi connectivity index (χ2v) is 6.16. The van der Waals surface area contributed by atoms with E-state index in [1.54, 1.807) is 6.07 Å². The van der Waals surface area contributed by atoms with Crippen molar-refractivity contribution in [1.29, 1.82) is 0 Å². The number of carbonyl (C=O) groups is 1. The number of aliphatic hydroxyl groups excluding tert-OH is 1. The third-order valence-electron chi connectivity index (χ3n) is 4.00. The van der Waals surface area contributed by atoms with Crippen molar-refractivity contribution < 1.29 is 23.9 Å². The van der Waals surface area contributed by atoms with Gasteiger partial charge in [-0.3, -0.25) is 0 Å². The van der Waals surface area contributed by atoms with Gasteiger partial charge in [0, 0.05) is 24.8 Å². The van der Waals surface area contributed by atoms with Gasteiger partial charge >= 0.3 is 5.97 Å². The van der Waals surface area contributed by atoms with Gasteiger partial charge in [0.1, 0.15) is 11.6 Å². The molecule has 1 aromatic carbocycles. The molecule has 0 saturated carbocycles. The number of halogens is 2. The normalized spacial score (nSPS) is 10.9. The Morgan fingerprint density at radius 2 is 2.11 bits per heavy atom. The van der Waals surface area contributed by atoms with Gasteiger partial charge in [-0.25, -0.2) is 14.2 Å². The zero-order valence-electron chi connectivity index (χ0n) is 14.8. The Morgan fingerprint density at radius 3 is 2.71 bits per heavy atom. The van der Waals surface area contributed by atoms with E-state index in [0.717, 1.165) is 12.1 Å². The number of anilines is 1. The fourth-order valence-corrected chi connectivity index (χ4v) is 2.89. The summed E-state index contributed by atoms with van der Waals surface area (Å²) in [4.78, 5) is 21.2. The molecule has 0 aliphatic carbocycles. The van der Waals surface area contributed by atoms with E-state index in [9.17, 15) is 9.18 Å². The van der Waals surface area contributed by atoms with Gasteiger partial charge in [-0.2, -0.15) is 4.98 Å². The van der Waals surface area contributed by atoms with Crippen LogP contribution >= 0.6 is 11.6 Å². The Labute approximate surface area is 164 Å². The van der Waals surface area contributed by atoms with Crippen LogP contribution in [0.3, 0.4) is 0 Å². The van der Waals surface area contributed by atoms with Crippen molar-refractivity contribution in [3.05, 3.63) is 46.9 Å². The third-order valence-corrected chi connectivity index (χ3v) is 4.28. The summed E-state index contributed by atoms with van der Waals surface area (Å²) >= 11 is 6.30. The van der Waals surface area contributed by atoms with Gasteiger partial charge in [0.15, 0.2) is 0 Å². The number of carboxylic acid groups (broad SMARTS) is 1. The van der Waals surface area contributed by atoms with Gasteiger partial charge in [-0.1, -0.05) is 16.8 Å². The molecular formula is C18H16ClFN4O4. The number of hydrogen-bond acceptors (Lipinski definition) is 7. The van der Waals surface area contributed by atoms with E-state index < -0.39 is 17.3 Å². The molecule has 2 heterocycles. The van der Waals surface area contributed by atoms with Crippen molar-refractivity contribution in [3.63, 3.8) is 0 Å². The lowest BCUT2D eigenvalue weighted by atomic mass is 10.1. The molecule has 2 N–H and O–H groups in total. The largest absolute Gasteiger partial charge is 0.478 e. The van der Waals surface area contributed by atoms with E-state index in [-0.39, 0.29) is 23.9 Å². The molecule has 0 saturated heterocycles. The standard InChI is InChI=1S/C18H16ClFN4O4/c1-2-24(5-6-25)16-13(19)7-11(9-21-16)17-22-15(23-28-17)10-3-4-12(18(26)27)14(20)8-10/h3-4,7-9,25H,2,5-6H2,1H3,(H,26,27). The monoisotopic (exact) mass is 406 g/mol. The predicted molar refractivity (Wildman–Crippen MR) is 99.9 cm³/mol. The van der Waals surface area contributed by atoms with Crippen molar-refractivity contribution in [3.8, 4) is 22.8 Å². The maximum atomic E-state index is 13.9. The van der Waals surface area contributed by atoms with E-state index in [1.807, 2.05) is 11.8 Å². The van der Waals surface area contributed by atoms with E-state index in [2.05, 4.69) is 15.1 Å². The maximum Gasteiger partial charge on any atom is 0.338 e. The van der Waals surface area contributed by atoms with Gasteiger partial charge in [0.05, 0.1) is 22.8 Å². The zero-order valence-corrected chi connectivity index (χ0v) is 15.5. The fraction of sp³-hybridized carbons (Fsp3) is 0.222. The lowest BCUT2D eigenvalue weighted by Gasteiger charge is -2.21. The first-order valence-corrected chi connectivity index (χ1v) is 8.71. The summed E-state index contributed by atoms with van der Waals surface area (Å²) in [5, 5.41) is 22.2. The SMILES string of the molecule is CCN(CCO)c1ncc(-c2nc(-c3ccc(C(=O)O)c(F)c3)no2)cc1Cl. The molecule has 0 radical (unpaired) electrons. The summed E-state index contributed by atoms with van der Waals surface area (Å²) < 4.78 is 19.1. The molecule has 2 aromatic heterocycles. The smallest absolute Gasteiger partial charge is 0.338 e. The molecule has 0 fully saturated rings. The number of rotatable bonds is 7. The Hall–Kier alpha value is -3.04. The Morgan fingerprint density at radius 1 is 1.32 bits per heavy atom. The molecule has 3 aromatic rings. The average Bonchev–Trinajstić information content (AvgIpc) is 3.16. The van der Waals surface area contributed by atoms with Crippen molar-refractivity contribution in [2.75, 3.05) is 24.6 Å². The molecule has 3 rings (SSSR count). The molecule has 0 unspecified atom stereocenters. The van der Waals surface area contributed by atoms with Gasteiger partial charge in [-0.05, 0) is 31.2 Å². The Kier molecular flexibility index (Phi) is 5.86. The number of aromatic carboxylic acids is 1. The molecule has 0 amide bonds. The van der Waals surface area contributed by atoms with Gasteiger partial charge in [0.2, 0.25) is 5.82 Å². The lowest BCUT2D eigenvalue weighted by Crippen LogP contribution is -2.27. The van der Waals surface area contributed by atoms with Crippen LogP contribution in [0, 0.1) is 5.82 Å². The summed E-state index contributed by atoms with van der Waals surface area (Å²) in [7, 11) is 0. The number of carboxylic acids is 1. The Bertz CT molecular complexity index is 1010. The van der Waals surface area contributed by atoms with E-state index in [1.165, 1.54) is 12.3 Å². The first-order chi connectivity index (χ1) is 13.4. The fourth-order valence-electron chi connectivity index (χ4n) is 2.60. The number of hydrogen-bond donors (Lipinski definition) is 2. The number of aromatic nitrogens is 3. The van der Waals surface area contributed by atoms with Crippen LogP contribution in [0.5, 0.6) is 0 Å². The minimum absolute atomic E-state index is 0.0299. The van der Waals surface area contributed by atoms with Gasteiger partial charge in [0.25, 0.3) is 5.89 Å². The highest BCUT2D eigenvalue weighted by atomic mass is 35.5. The summed E-state index contributed by atoms with van der Waals surface area (Å²) in [6.07, 6.45) is 1.51. The summed E-state index contributed by atoms with van der Waals surface area (Å²) in [5.41, 5.74) is 0.297. The number of nitrogens with zero attached hydrogens (tertiary/aromatic N) is 4. The molecule has 0 aliphatic heterocycles. The van der Waals surface area contributed by atoms with Crippen LogP contribution < -0.4 is 4.90 Å². The Balaban J connectivity index is 1.89. The first kappa shape index (κ1) is 19.7. The maximum absolute atomic E-state index is 13.9. The van der Waals surface area contributed by atoms with Crippen molar-refractivity contribution in [2.45, 2.75) is 6.92 Å². The average molecular weight is 407 g/mol. The highest BCUT2D eigenvalue weighted by Gasteiger charge is 2.17. The number of aliphatic hydroxyl groups is 1. The quantitative estimate of drug-likeness (QED) is 0.615. The molecule has 146 valence electrons. The molecule has 28 heavy (non-hydrogen) atoms. The van der Waals surface area contributed by atoms with E-state index in [0.29, 0.717) is 29.5 Å². The lowest BCUT2D eigenvalue weighted by molar-refractivity contribution is 0.0692. The van der Waals surface area contributed by atoms with Crippen LogP contribution in [0.25, 0.3) is 22.8 Å². The minimum Gasteiger partial charge on any atom is -0.478 e. The molecule has 0 spiro atoms. The summed E-state index contributed by atoms with van der Waals surface area (Å²) in [6, 6.07) is 5.16. The number of pyridine rings is 1. The van der Waals surface area contributed by atoms with Crippen LogP contribution in [0.2, 0.25) is 5.02 Å². The van der Waals surface area contributed by atoms with Gasteiger partial charge in [-0.15, -0.1) is 0 Å². The second kappa shape index (κ2) is 8.32. The van der Waals surface area contributed by atoms with Crippen molar-refractivity contribution in [2.24, 2.45) is 0 Å². The molecule has 10 heteroatoms. The third kappa shape index (κ3) is 3.95. The highest BCUT2D eigenvalue weighted by Crippen LogP contribution is 2.29. The van der Waals surface area contributed by atoms with E-state index in [4.69, 9.17) is 26.3 Å². The molecule has 0 aliphatic rings. The molecular weight excluding hydrogens is 391 g/mol. The van der Waals surface area contributed by atoms with Gasteiger partial charge < -0.3 is 19.6 Å². The topological polar surface area (TPSA) is 113 Å². The predicted octanol–water partition coefficient (Wildman–Crippen LogP) is 3.11. The number of likely N-dealkylation sites (N-methyl/N-ethyl adjacent to an activating group) is 1. The summed E-state index contributed by atoms with van der Waals surface area (Å²) in [6.45, 7) is 2.90. The van der Waals surface area contributed by atoms with Crippen LogP contribution in [0.4, 0.5) is 10.2 Å². The highest BCUT2D eigenvalue weighted by molar-refractivity contribution is 6.33. The van der Waals surface area contributed by atoms with Crippen molar-refractivity contribution in [1.82, 2.24) is 15.1 Å². The van der Waals surface area contributed by atoms with Crippen LogP contribution in [-0.4, -0.2) is 51.0 Å². The van der Waals surface area contributed by atoms with Crippen LogP contribution in [-0.2, 0) is 0 Å². The second-order valence-electron chi connectivity index (χ2n) is 5.76. The van der Waals surface area contributed by atoms with Crippen LogP contribution in [0.1, 0.15) is 17.3 Å². The number of benzene rings is 1. The zero-order chi connectivity index (χ0) is 20.3. The molecule has 0 atom stereocenters. The summed E-state index contributed by atoms with van der Waals surface area (Å²) in [5.74, 6) is -1.51. The minimum atomic E-state index is -1.36.